The number of halogens is 2. The number of esters is 1. The number of benzene rings is 1. The quantitative estimate of drug-likeness (QED) is 0.766. The van der Waals surface area contributed by atoms with Crippen LogP contribution in [-0.2, 0) is 14.3 Å². The highest BCUT2D eigenvalue weighted by atomic mass is 19.3. The summed E-state index contributed by atoms with van der Waals surface area (Å²) in [5.74, 6) is -0.108. The normalized spacial score (nSPS) is 25.1. The van der Waals surface area contributed by atoms with Crippen LogP contribution in [0, 0.1) is 5.92 Å². The molecule has 6 nitrogen and oxygen atoms in total. The van der Waals surface area contributed by atoms with Gasteiger partial charge >= 0.3 is 12.6 Å². The van der Waals surface area contributed by atoms with Gasteiger partial charge in [-0.15, -0.1) is 0 Å². The molecule has 0 radical (unpaired) electrons. The molecule has 1 aliphatic carbocycles. The lowest BCUT2D eigenvalue weighted by Gasteiger charge is -2.32. The molecule has 0 aromatic heterocycles. The number of nitrogens with one attached hydrogen (secondary N) is 1. The molecule has 0 spiro atoms. The molecular weight excluding hydrogens is 358 g/mol. The Morgan fingerprint density at radius 1 is 1.22 bits per heavy atom. The second kappa shape index (κ2) is 8.65. The summed E-state index contributed by atoms with van der Waals surface area (Å²) >= 11 is 0. The van der Waals surface area contributed by atoms with Crippen molar-refractivity contribution < 1.29 is 27.8 Å². The molecule has 8 heteroatoms. The van der Waals surface area contributed by atoms with Gasteiger partial charge in [0.1, 0.15) is 11.8 Å². The largest absolute Gasteiger partial charge is 0.468 e. The molecule has 3 rings (SSSR count). The lowest BCUT2D eigenvalue weighted by molar-refractivity contribution is -0.146. The van der Waals surface area contributed by atoms with Crippen molar-refractivity contribution in [3.63, 3.8) is 0 Å². The number of likely N-dealkylation sites (tertiary alicyclic amines) is 1. The summed E-state index contributed by atoms with van der Waals surface area (Å²) in [5, 5.41) is 2.75. The maximum atomic E-state index is 12.5. The van der Waals surface area contributed by atoms with E-state index in [4.69, 9.17) is 4.74 Å². The average molecular weight is 382 g/mol. The number of carbonyl (C=O) groups is 2. The Labute approximate surface area is 156 Å². The van der Waals surface area contributed by atoms with Crippen molar-refractivity contribution in [3.05, 3.63) is 24.3 Å². The number of anilines is 1. The molecule has 1 aromatic carbocycles. The fraction of sp³-hybridized carbons (Fsp3) is 0.579. The number of ether oxygens (including phenoxy) is 2. The Kier molecular flexibility index (Phi) is 6.26. The van der Waals surface area contributed by atoms with E-state index in [-0.39, 0.29) is 30.2 Å². The van der Waals surface area contributed by atoms with Gasteiger partial charge in [-0.25, -0.2) is 0 Å². The Bertz CT molecular complexity index is 668. The van der Waals surface area contributed by atoms with E-state index in [1.54, 1.807) is 0 Å². The zero-order valence-corrected chi connectivity index (χ0v) is 15.2. The number of methoxy groups -OCH3 is 1. The number of carbonyl (C=O) groups excluding carboxylic acids is 2. The van der Waals surface area contributed by atoms with Crippen LogP contribution in [-0.4, -0.2) is 49.1 Å². The van der Waals surface area contributed by atoms with Crippen molar-refractivity contribution in [2.45, 2.75) is 50.8 Å². The van der Waals surface area contributed by atoms with Crippen LogP contribution in [0.3, 0.4) is 0 Å². The van der Waals surface area contributed by atoms with Crippen LogP contribution in [0.15, 0.2) is 24.3 Å². The maximum absolute atomic E-state index is 12.5. The van der Waals surface area contributed by atoms with Crippen molar-refractivity contribution in [2.24, 2.45) is 5.92 Å². The second-order valence-corrected chi connectivity index (χ2v) is 7.01. The summed E-state index contributed by atoms with van der Waals surface area (Å²) in [6.07, 6.45) is 5.03. The van der Waals surface area contributed by atoms with Gasteiger partial charge in [0.05, 0.1) is 13.7 Å². The Morgan fingerprint density at radius 3 is 2.59 bits per heavy atom. The van der Waals surface area contributed by atoms with Crippen LogP contribution in [0.25, 0.3) is 0 Å². The number of rotatable bonds is 6. The number of amides is 1. The van der Waals surface area contributed by atoms with Gasteiger partial charge in [-0.05, 0) is 49.4 Å². The average Bonchev–Trinajstić information content (AvgIpc) is 3.01. The number of nitrogens with zero attached hydrogens (tertiary/aromatic N) is 1. The molecule has 1 saturated heterocycles. The Hall–Kier alpha value is -2.22. The third kappa shape index (κ3) is 4.74. The van der Waals surface area contributed by atoms with Gasteiger partial charge in [0, 0.05) is 11.7 Å². The summed E-state index contributed by atoms with van der Waals surface area (Å²) in [4.78, 5) is 26.6. The van der Waals surface area contributed by atoms with Crippen LogP contribution in [0.2, 0.25) is 0 Å². The highest BCUT2D eigenvalue weighted by Crippen LogP contribution is 2.39. The van der Waals surface area contributed by atoms with Crippen molar-refractivity contribution in [1.29, 1.82) is 0 Å². The molecule has 0 bridgehead atoms. The van der Waals surface area contributed by atoms with Crippen LogP contribution in [0.5, 0.6) is 5.75 Å². The van der Waals surface area contributed by atoms with E-state index in [1.807, 2.05) is 4.90 Å². The fourth-order valence-electron chi connectivity index (χ4n) is 4.23. The van der Waals surface area contributed by atoms with Crippen LogP contribution in [0.4, 0.5) is 14.5 Å². The third-order valence-electron chi connectivity index (χ3n) is 5.38. The van der Waals surface area contributed by atoms with Crippen molar-refractivity contribution >= 4 is 17.6 Å². The minimum atomic E-state index is -2.89. The van der Waals surface area contributed by atoms with Gasteiger partial charge in [-0.2, -0.15) is 8.78 Å². The van der Waals surface area contributed by atoms with Gasteiger partial charge in [0.25, 0.3) is 0 Å². The van der Waals surface area contributed by atoms with E-state index in [0.29, 0.717) is 11.6 Å². The van der Waals surface area contributed by atoms with Gasteiger partial charge in [-0.1, -0.05) is 12.8 Å². The van der Waals surface area contributed by atoms with Crippen LogP contribution in [0.1, 0.15) is 32.1 Å². The van der Waals surface area contributed by atoms with Gasteiger partial charge in [0.15, 0.2) is 0 Å². The first-order valence-corrected chi connectivity index (χ1v) is 9.16. The van der Waals surface area contributed by atoms with Gasteiger partial charge in [0.2, 0.25) is 5.91 Å². The lowest BCUT2D eigenvalue weighted by atomic mass is 9.85. The standard InChI is InChI=1S/C19H24F2N2O4/c1-26-18(25)16-10-12-4-2-3-5-15(12)23(16)11-17(24)22-13-6-8-14(9-7-13)27-19(20)21/h6-9,12,15-16,19H,2-5,10-11H2,1H3,(H,22,24)/t12-,15-,16-/m0/s1. The van der Waals surface area contributed by atoms with E-state index in [0.717, 1.165) is 32.1 Å². The first-order chi connectivity index (χ1) is 13.0. The number of hydrogen-bond acceptors (Lipinski definition) is 5. The van der Waals surface area contributed by atoms with Gasteiger partial charge in [-0.3, -0.25) is 14.5 Å². The van der Waals surface area contributed by atoms with E-state index in [1.165, 1.54) is 31.4 Å². The first kappa shape index (κ1) is 19.5. The summed E-state index contributed by atoms with van der Waals surface area (Å²) in [6, 6.07) is 5.56. The molecular formula is C19H24F2N2O4. The summed E-state index contributed by atoms with van der Waals surface area (Å²) in [6.45, 7) is -2.80. The molecule has 27 heavy (non-hydrogen) atoms. The predicted octanol–water partition coefficient (Wildman–Crippen LogP) is 3.03. The van der Waals surface area contributed by atoms with Crippen molar-refractivity contribution in [2.75, 3.05) is 19.0 Å². The molecule has 1 saturated carbocycles. The first-order valence-electron chi connectivity index (χ1n) is 9.16. The van der Waals surface area contributed by atoms with Crippen LogP contribution >= 0.6 is 0 Å². The molecule has 1 aromatic rings. The minimum absolute atomic E-state index is 0.0262. The van der Waals surface area contributed by atoms with E-state index < -0.39 is 12.7 Å². The topological polar surface area (TPSA) is 67.9 Å². The molecule has 0 unspecified atom stereocenters. The van der Waals surface area contributed by atoms with Crippen molar-refractivity contribution in [3.8, 4) is 5.75 Å². The molecule has 1 N–H and O–H groups in total. The summed E-state index contributed by atoms with van der Waals surface area (Å²) in [5.41, 5.74) is 0.482. The maximum Gasteiger partial charge on any atom is 0.387 e. The zero-order chi connectivity index (χ0) is 19.4. The Balaban J connectivity index is 1.63. The highest BCUT2D eigenvalue weighted by molar-refractivity contribution is 5.92. The molecule has 2 fully saturated rings. The van der Waals surface area contributed by atoms with E-state index in [9.17, 15) is 18.4 Å². The molecule has 1 amide bonds. The van der Waals surface area contributed by atoms with Crippen molar-refractivity contribution in [1.82, 2.24) is 4.90 Å². The molecule has 1 aliphatic heterocycles. The SMILES string of the molecule is COC(=O)[C@@H]1C[C@@H]2CCCC[C@@H]2N1CC(=O)Nc1ccc(OC(F)F)cc1. The molecule has 2 aliphatic rings. The number of alkyl halides is 2. The molecule has 3 atom stereocenters. The zero-order valence-electron chi connectivity index (χ0n) is 15.2. The summed E-state index contributed by atoms with van der Waals surface area (Å²) in [7, 11) is 1.37. The highest BCUT2D eigenvalue weighted by Gasteiger charge is 2.46. The third-order valence-corrected chi connectivity index (χ3v) is 5.38. The van der Waals surface area contributed by atoms with E-state index >= 15 is 0 Å². The van der Waals surface area contributed by atoms with E-state index in [2.05, 4.69) is 10.1 Å². The lowest BCUT2D eigenvalue weighted by Crippen LogP contribution is -2.46. The monoisotopic (exact) mass is 382 g/mol. The Morgan fingerprint density at radius 2 is 1.93 bits per heavy atom. The number of fused-ring (bicyclic) bond motifs is 1. The smallest absolute Gasteiger partial charge is 0.387 e. The van der Waals surface area contributed by atoms with Crippen LogP contribution < -0.4 is 10.1 Å². The molecule has 1 heterocycles. The predicted molar refractivity (Wildman–Crippen MR) is 94.6 cm³/mol. The molecule has 148 valence electrons. The van der Waals surface area contributed by atoms with Gasteiger partial charge < -0.3 is 14.8 Å². The minimum Gasteiger partial charge on any atom is -0.468 e. The number of hydrogen-bond donors (Lipinski definition) is 1. The fourth-order valence-corrected chi connectivity index (χ4v) is 4.23. The summed E-state index contributed by atoms with van der Waals surface area (Å²) < 4.78 is 33.6. The second-order valence-electron chi connectivity index (χ2n) is 7.01.